The van der Waals surface area contributed by atoms with Crippen molar-refractivity contribution >= 4 is 32.5 Å². The molecule has 2 rings (SSSR count). The summed E-state index contributed by atoms with van der Waals surface area (Å²) in [6, 6.07) is 1.62. The summed E-state index contributed by atoms with van der Waals surface area (Å²) in [5, 5.41) is 11.1. The van der Waals surface area contributed by atoms with E-state index in [1.165, 1.54) is 6.20 Å². The second-order valence-electron chi connectivity index (χ2n) is 2.48. The summed E-state index contributed by atoms with van der Waals surface area (Å²) in [4.78, 5) is 16.8. The van der Waals surface area contributed by atoms with Crippen LogP contribution >= 0.6 is 15.9 Å². The van der Waals surface area contributed by atoms with Gasteiger partial charge < -0.3 is 4.98 Å². The highest BCUT2D eigenvalue weighted by Crippen LogP contribution is 2.26. The number of hydrogen-bond donors (Lipinski definition) is 1. The van der Waals surface area contributed by atoms with Gasteiger partial charge in [0.15, 0.2) is 0 Å². The van der Waals surface area contributed by atoms with Gasteiger partial charge in [-0.15, -0.1) is 0 Å². The first-order chi connectivity index (χ1) is 6.18. The van der Waals surface area contributed by atoms with Gasteiger partial charge in [0.2, 0.25) is 0 Å². The first-order valence-electron chi connectivity index (χ1n) is 3.45. The van der Waals surface area contributed by atoms with Crippen LogP contribution < -0.4 is 0 Å². The average molecular weight is 242 g/mol. The number of rotatable bonds is 1. The Kier molecular flexibility index (Phi) is 1.77. The third-order valence-corrected chi connectivity index (χ3v) is 2.14. The number of halogens is 1. The number of hydrogen-bond acceptors (Lipinski definition) is 3. The minimum Gasteiger partial charge on any atom is -0.354 e. The van der Waals surface area contributed by atoms with Gasteiger partial charge in [-0.25, -0.2) is 4.98 Å². The van der Waals surface area contributed by atoms with Crippen molar-refractivity contribution < 1.29 is 4.92 Å². The van der Waals surface area contributed by atoms with Gasteiger partial charge in [-0.05, 0) is 22.0 Å². The Morgan fingerprint density at radius 1 is 1.62 bits per heavy atom. The Morgan fingerprint density at radius 3 is 3.08 bits per heavy atom. The number of nitrogens with zero attached hydrogens (tertiary/aromatic N) is 2. The van der Waals surface area contributed by atoms with Gasteiger partial charge in [0.05, 0.1) is 28.2 Å². The summed E-state index contributed by atoms with van der Waals surface area (Å²) in [7, 11) is 0. The first-order valence-corrected chi connectivity index (χ1v) is 4.25. The van der Waals surface area contributed by atoms with Crippen molar-refractivity contribution in [2.24, 2.45) is 0 Å². The van der Waals surface area contributed by atoms with E-state index in [0.29, 0.717) is 15.5 Å². The molecule has 6 heteroatoms. The smallest absolute Gasteiger partial charge is 0.294 e. The molecule has 0 radical (unpaired) electrons. The maximum atomic E-state index is 10.5. The van der Waals surface area contributed by atoms with Crippen LogP contribution in [0.15, 0.2) is 23.1 Å². The van der Waals surface area contributed by atoms with Crippen molar-refractivity contribution in [1.82, 2.24) is 9.97 Å². The van der Waals surface area contributed by atoms with Gasteiger partial charge in [-0.2, -0.15) is 0 Å². The summed E-state index contributed by atoms with van der Waals surface area (Å²) >= 11 is 3.15. The molecule has 0 fully saturated rings. The quantitative estimate of drug-likeness (QED) is 0.473. The van der Waals surface area contributed by atoms with Crippen molar-refractivity contribution in [2.45, 2.75) is 0 Å². The van der Waals surface area contributed by atoms with Crippen LogP contribution in [-0.4, -0.2) is 14.9 Å². The van der Waals surface area contributed by atoms with E-state index in [9.17, 15) is 10.1 Å². The highest BCUT2D eigenvalue weighted by molar-refractivity contribution is 9.10. The lowest BCUT2D eigenvalue weighted by Gasteiger charge is -1.90. The number of nitro groups is 1. The van der Waals surface area contributed by atoms with Gasteiger partial charge >= 0.3 is 0 Å². The molecule has 5 nitrogen and oxygen atoms in total. The van der Waals surface area contributed by atoms with E-state index >= 15 is 0 Å². The third-order valence-electron chi connectivity index (χ3n) is 1.71. The fourth-order valence-electron chi connectivity index (χ4n) is 1.13. The molecule has 0 atom stereocenters. The number of nitrogens with one attached hydrogen (secondary N) is 1. The Balaban J connectivity index is 2.79. The molecule has 66 valence electrons. The second kappa shape index (κ2) is 2.81. The second-order valence-corrected chi connectivity index (χ2v) is 3.30. The fourth-order valence-corrected chi connectivity index (χ4v) is 1.46. The zero-order valence-electron chi connectivity index (χ0n) is 6.32. The highest BCUT2D eigenvalue weighted by Gasteiger charge is 2.13. The molecule has 0 aromatic carbocycles. The predicted molar refractivity (Wildman–Crippen MR) is 50.4 cm³/mol. The number of H-pyrrole nitrogens is 1. The van der Waals surface area contributed by atoms with Crippen LogP contribution in [0.25, 0.3) is 10.9 Å². The molecule has 0 aliphatic carbocycles. The van der Waals surface area contributed by atoms with Crippen LogP contribution in [0.3, 0.4) is 0 Å². The van der Waals surface area contributed by atoms with Crippen molar-refractivity contribution in [3.05, 3.63) is 33.2 Å². The third kappa shape index (κ3) is 1.29. The number of fused-ring (bicyclic) bond motifs is 1. The van der Waals surface area contributed by atoms with Crippen molar-refractivity contribution in [3.63, 3.8) is 0 Å². The van der Waals surface area contributed by atoms with E-state index in [0.717, 1.165) is 0 Å². The van der Waals surface area contributed by atoms with Gasteiger partial charge in [0, 0.05) is 0 Å². The highest BCUT2D eigenvalue weighted by atomic mass is 79.9. The number of aromatic nitrogens is 2. The maximum absolute atomic E-state index is 10.5. The normalized spacial score (nSPS) is 10.5. The van der Waals surface area contributed by atoms with Gasteiger partial charge in [-0.3, -0.25) is 10.1 Å². The zero-order chi connectivity index (χ0) is 9.42. The maximum Gasteiger partial charge on any atom is 0.294 e. The van der Waals surface area contributed by atoms with Gasteiger partial charge in [-0.1, -0.05) is 0 Å². The van der Waals surface area contributed by atoms with E-state index in [2.05, 4.69) is 25.9 Å². The SMILES string of the molecule is O=[N+]([O-])c1c[nH]c2cnc(Br)cc12. The molecular formula is C7H4BrN3O2. The van der Waals surface area contributed by atoms with E-state index in [-0.39, 0.29) is 5.69 Å². The lowest BCUT2D eigenvalue weighted by molar-refractivity contribution is -0.383. The molecule has 2 aromatic rings. The monoisotopic (exact) mass is 241 g/mol. The minimum absolute atomic E-state index is 0.0677. The van der Waals surface area contributed by atoms with E-state index < -0.39 is 4.92 Å². The van der Waals surface area contributed by atoms with Gasteiger partial charge in [0.25, 0.3) is 5.69 Å². The summed E-state index contributed by atoms with van der Waals surface area (Å²) in [6.45, 7) is 0. The first kappa shape index (κ1) is 8.18. The molecule has 13 heavy (non-hydrogen) atoms. The van der Waals surface area contributed by atoms with Crippen LogP contribution in [0.2, 0.25) is 0 Å². The lowest BCUT2D eigenvalue weighted by atomic mass is 10.3. The summed E-state index contributed by atoms with van der Waals surface area (Å²) < 4.78 is 0.586. The molecule has 0 bridgehead atoms. The largest absolute Gasteiger partial charge is 0.354 e. The zero-order valence-corrected chi connectivity index (χ0v) is 7.91. The molecule has 2 heterocycles. The number of aromatic amines is 1. The van der Waals surface area contributed by atoms with Crippen molar-refractivity contribution in [3.8, 4) is 0 Å². The van der Waals surface area contributed by atoms with Crippen molar-refractivity contribution in [2.75, 3.05) is 0 Å². The van der Waals surface area contributed by atoms with Crippen LogP contribution in [0, 0.1) is 10.1 Å². The molecule has 0 saturated carbocycles. The Labute approximate surface area is 81.1 Å². The molecule has 0 unspecified atom stereocenters. The standard InChI is InChI=1S/C7H4BrN3O2/c8-7-1-4-5(2-10-7)9-3-6(4)11(12)13/h1-3,9H. The minimum atomic E-state index is -0.425. The predicted octanol–water partition coefficient (Wildman–Crippen LogP) is 2.23. The topological polar surface area (TPSA) is 71.8 Å². The van der Waals surface area contributed by atoms with Gasteiger partial charge in [0.1, 0.15) is 4.60 Å². The summed E-state index contributed by atoms with van der Waals surface area (Å²) in [5.74, 6) is 0. The van der Waals surface area contributed by atoms with E-state index in [1.807, 2.05) is 0 Å². The Morgan fingerprint density at radius 2 is 2.38 bits per heavy atom. The molecule has 0 aliphatic heterocycles. The Hall–Kier alpha value is -1.43. The molecule has 2 aromatic heterocycles. The van der Waals surface area contributed by atoms with E-state index in [1.54, 1.807) is 12.3 Å². The molecule has 0 aliphatic rings. The van der Waals surface area contributed by atoms with Crippen molar-refractivity contribution in [1.29, 1.82) is 0 Å². The Bertz CT molecular complexity index is 480. The fraction of sp³-hybridized carbons (Fsp3) is 0. The molecule has 1 N–H and O–H groups in total. The van der Waals surface area contributed by atoms with Crippen LogP contribution in [0.5, 0.6) is 0 Å². The van der Waals surface area contributed by atoms with Crippen LogP contribution in [-0.2, 0) is 0 Å². The van der Waals surface area contributed by atoms with Crippen LogP contribution in [0.4, 0.5) is 5.69 Å². The average Bonchev–Trinajstić information content (AvgIpc) is 2.46. The molecule has 0 amide bonds. The summed E-state index contributed by atoms with van der Waals surface area (Å²) in [5.41, 5.74) is 0.730. The molecule has 0 saturated heterocycles. The van der Waals surface area contributed by atoms with Crippen LogP contribution in [0.1, 0.15) is 0 Å². The summed E-state index contributed by atoms with van der Waals surface area (Å²) in [6.07, 6.45) is 2.91. The lowest BCUT2D eigenvalue weighted by Crippen LogP contribution is -1.85. The molecular weight excluding hydrogens is 238 g/mol. The molecule has 0 spiro atoms. The number of pyridine rings is 1. The van der Waals surface area contributed by atoms with E-state index in [4.69, 9.17) is 0 Å².